The highest BCUT2D eigenvalue weighted by Crippen LogP contribution is 2.25. The van der Waals surface area contributed by atoms with Crippen molar-refractivity contribution in [3.05, 3.63) is 69.5 Å². The highest BCUT2D eigenvalue weighted by molar-refractivity contribution is 6.30. The summed E-state index contributed by atoms with van der Waals surface area (Å²) in [5.41, 5.74) is 1.58. The second-order valence-corrected chi connectivity index (χ2v) is 6.12. The van der Waals surface area contributed by atoms with Crippen LogP contribution in [0.5, 0.6) is 0 Å². The van der Waals surface area contributed by atoms with Gasteiger partial charge in [0.2, 0.25) is 0 Å². The van der Waals surface area contributed by atoms with E-state index in [0.29, 0.717) is 21.7 Å². The lowest BCUT2D eigenvalue weighted by Crippen LogP contribution is -2.28. The molecular formula is C19H14ClN3O3. The number of esters is 1. The first-order chi connectivity index (χ1) is 12.6. The van der Waals surface area contributed by atoms with Gasteiger partial charge in [0.15, 0.2) is 5.56 Å². The van der Waals surface area contributed by atoms with Crippen LogP contribution in [0.2, 0.25) is 5.02 Å². The summed E-state index contributed by atoms with van der Waals surface area (Å²) in [5, 5.41) is 5.85. The Balaban J connectivity index is 2.11. The summed E-state index contributed by atoms with van der Waals surface area (Å²) in [6.07, 6.45) is 0. The Morgan fingerprint density at radius 3 is 2.65 bits per heavy atom. The third-order valence-electron chi connectivity index (χ3n) is 4.09. The number of benzene rings is 2. The second-order valence-electron chi connectivity index (χ2n) is 5.68. The van der Waals surface area contributed by atoms with Crippen molar-refractivity contribution in [1.29, 1.82) is 0 Å². The molecule has 0 saturated heterocycles. The minimum absolute atomic E-state index is 0.0667. The number of hydrogen-bond donors (Lipinski definition) is 1. The fraction of sp³-hybridized carbons (Fsp3) is 0.105. The Kier molecular flexibility index (Phi) is 3.97. The van der Waals surface area contributed by atoms with Gasteiger partial charge in [-0.15, -0.1) is 0 Å². The van der Waals surface area contributed by atoms with E-state index in [0.717, 1.165) is 10.9 Å². The van der Waals surface area contributed by atoms with Crippen LogP contribution in [0.15, 0.2) is 53.3 Å². The van der Waals surface area contributed by atoms with E-state index < -0.39 is 11.5 Å². The van der Waals surface area contributed by atoms with E-state index >= 15 is 0 Å². The molecule has 2 aromatic carbocycles. The molecule has 0 radical (unpaired) electrons. The van der Waals surface area contributed by atoms with Crippen LogP contribution >= 0.6 is 11.6 Å². The third kappa shape index (κ3) is 2.55. The third-order valence-corrected chi connectivity index (χ3v) is 4.34. The molecule has 7 heteroatoms. The smallest absolute Gasteiger partial charge is 0.346 e. The van der Waals surface area contributed by atoms with Crippen molar-refractivity contribution in [3.8, 4) is 5.69 Å². The Bertz CT molecular complexity index is 1190. The van der Waals surface area contributed by atoms with E-state index in [4.69, 9.17) is 16.3 Å². The lowest BCUT2D eigenvalue weighted by Gasteiger charge is -2.08. The van der Waals surface area contributed by atoms with Crippen molar-refractivity contribution in [2.75, 3.05) is 6.61 Å². The summed E-state index contributed by atoms with van der Waals surface area (Å²) >= 11 is 5.93. The number of carbonyl (C=O) groups is 1. The van der Waals surface area contributed by atoms with Crippen LogP contribution in [0.25, 0.3) is 27.6 Å². The molecular weight excluding hydrogens is 354 g/mol. The molecule has 2 heterocycles. The van der Waals surface area contributed by atoms with Crippen LogP contribution < -0.4 is 5.56 Å². The number of halogens is 1. The number of H-pyrrole nitrogens is 1. The molecule has 0 unspecified atom stereocenters. The topological polar surface area (TPSA) is 77.0 Å². The molecule has 0 bridgehead atoms. The van der Waals surface area contributed by atoms with Gasteiger partial charge in [-0.05, 0) is 37.3 Å². The Labute approximate surface area is 153 Å². The molecule has 2 aromatic heterocycles. The monoisotopic (exact) mass is 367 g/mol. The van der Waals surface area contributed by atoms with Crippen molar-refractivity contribution in [1.82, 2.24) is 14.8 Å². The summed E-state index contributed by atoms with van der Waals surface area (Å²) in [6.45, 7) is 1.86. The molecule has 0 aliphatic heterocycles. The minimum atomic E-state index is -0.681. The predicted molar refractivity (Wildman–Crippen MR) is 100 cm³/mol. The van der Waals surface area contributed by atoms with Crippen molar-refractivity contribution in [2.24, 2.45) is 0 Å². The number of aromatic nitrogens is 3. The van der Waals surface area contributed by atoms with Gasteiger partial charge in [0.1, 0.15) is 5.52 Å². The number of carbonyl (C=O) groups excluding carboxylic acids is 1. The number of aromatic amines is 1. The van der Waals surface area contributed by atoms with Gasteiger partial charge in [0.05, 0.1) is 17.8 Å². The fourth-order valence-electron chi connectivity index (χ4n) is 2.92. The molecule has 0 spiro atoms. The van der Waals surface area contributed by atoms with Gasteiger partial charge in [-0.1, -0.05) is 29.8 Å². The number of rotatable bonds is 3. The Morgan fingerprint density at radius 2 is 1.92 bits per heavy atom. The van der Waals surface area contributed by atoms with Crippen LogP contribution in [-0.4, -0.2) is 27.3 Å². The standard InChI is InChI=1S/C19H14ClN3O3/c1-2-26-19(25)15-17-16(13-5-3-4-6-14(13)21-17)22-23(18(15)24)12-9-7-11(20)8-10-12/h3-10,21H,2H2,1H3. The van der Waals surface area contributed by atoms with Gasteiger partial charge >= 0.3 is 5.97 Å². The summed E-state index contributed by atoms with van der Waals surface area (Å²) in [5.74, 6) is -0.681. The Hall–Kier alpha value is -3.12. The van der Waals surface area contributed by atoms with Crippen LogP contribution in [-0.2, 0) is 4.74 Å². The summed E-state index contributed by atoms with van der Waals surface area (Å²) in [6, 6.07) is 14.2. The first kappa shape index (κ1) is 16.4. The first-order valence-electron chi connectivity index (χ1n) is 8.07. The number of ether oxygens (including phenoxy) is 1. The average molecular weight is 368 g/mol. The van der Waals surface area contributed by atoms with Gasteiger partial charge in [0, 0.05) is 15.9 Å². The molecule has 26 heavy (non-hydrogen) atoms. The normalized spacial score (nSPS) is 11.2. The number of para-hydroxylation sites is 1. The zero-order valence-corrected chi connectivity index (χ0v) is 14.6. The molecule has 0 aliphatic carbocycles. The number of nitrogens with zero attached hydrogens (tertiary/aromatic N) is 2. The van der Waals surface area contributed by atoms with Gasteiger partial charge in [-0.25, -0.2) is 4.79 Å². The van der Waals surface area contributed by atoms with Crippen LogP contribution in [0.3, 0.4) is 0 Å². The zero-order chi connectivity index (χ0) is 18.3. The maximum atomic E-state index is 13.0. The van der Waals surface area contributed by atoms with E-state index in [9.17, 15) is 9.59 Å². The fourth-order valence-corrected chi connectivity index (χ4v) is 3.05. The van der Waals surface area contributed by atoms with Gasteiger partial charge in [-0.3, -0.25) is 4.79 Å². The SMILES string of the molecule is CCOC(=O)c1c(=O)n(-c2ccc(Cl)cc2)nc2c1[nH]c1ccccc12. The zero-order valence-electron chi connectivity index (χ0n) is 13.8. The van der Waals surface area contributed by atoms with E-state index in [1.54, 1.807) is 31.2 Å². The van der Waals surface area contributed by atoms with E-state index in [2.05, 4.69) is 10.1 Å². The van der Waals surface area contributed by atoms with Crippen LogP contribution in [0.1, 0.15) is 17.3 Å². The number of fused-ring (bicyclic) bond motifs is 3. The van der Waals surface area contributed by atoms with Gasteiger partial charge in [-0.2, -0.15) is 9.78 Å². The molecule has 0 aliphatic rings. The average Bonchev–Trinajstić information content (AvgIpc) is 3.00. The molecule has 0 fully saturated rings. The lowest BCUT2D eigenvalue weighted by molar-refractivity contribution is 0.0526. The van der Waals surface area contributed by atoms with Crippen molar-refractivity contribution >= 4 is 39.5 Å². The molecule has 130 valence electrons. The maximum Gasteiger partial charge on any atom is 0.346 e. The number of hydrogen-bond acceptors (Lipinski definition) is 4. The maximum absolute atomic E-state index is 13.0. The summed E-state index contributed by atoms with van der Waals surface area (Å²) in [4.78, 5) is 28.6. The molecule has 4 aromatic rings. The van der Waals surface area contributed by atoms with Crippen LogP contribution in [0, 0.1) is 0 Å². The highest BCUT2D eigenvalue weighted by Gasteiger charge is 2.23. The van der Waals surface area contributed by atoms with Crippen molar-refractivity contribution in [3.63, 3.8) is 0 Å². The predicted octanol–water partition coefficient (Wildman–Crippen LogP) is 3.70. The van der Waals surface area contributed by atoms with Crippen molar-refractivity contribution < 1.29 is 9.53 Å². The van der Waals surface area contributed by atoms with Gasteiger partial charge < -0.3 is 9.72 Å². The highest BCUT2D eigenvalue weighted by atomic mass is 35.5. The quantitative estimate of drug-likeness (QED) is 0.560. The van der Waals surface area contributed by atoms with Crippen molar-refractivity contribution in [2.45, 2.75) is 6.92 Å². The molecule has 4 rings (SSSR count). The molecule has 1 N–H and O–H groups in total. The molecule has 0 amide bonds. The van der Waals surface area contributed by atoms with Gasteiger partial charge in [0.25, 0.3) is 5.56 Å². The Morgan fingerprint density at radius 1 is 1.19 bits per heavy atom. The van der Waals surface area contributed by atoms with Crippen LogP contribution in [0.4, 0.5) is 0 Å². The van der Waals surface area contributed by atoms with E-state index in [1.807, 2.05) is 24.3 Å². The largest absolute Gasteiger partial charge is 0.462 e. The molecule has 0 atom stereocenters. The first-order valence-corrected chi connectivity index (χ1v) is 8.44. The molecule has 6 nitrogen and oxygen atoms in total. The summed E-state index contributed by atoms with van der Waals surface area (Å²) < 4.78 is 6.30. The minimum Gasteiger partial charge on any atom is -0.462 e. The van der Waals surface area contributed by atoms with E-state index in [1.165, 1.54) is 4.68 Å². The molecule has 0 saturated carbocycles. The second kappa shape index (κ2) is 6.31. The van der Waals surface area contributed by atoms with E-state index in [-0.39, 0.29) is 12.2 Å². The summed E-state index contributed by atoms with van der Waals surface area (Å²) in [7, 11) is 0. The number of nitrogens with one attached hydrogen (secondary N) is 1. The lowest BCUT2D eigenvalue weighted by atomic mass is 10.2.